The summed E-state index contributed by atoms with van der Waals surface area (Å²) >= 11 is 0. The Morgan fingerprint density at radius 1 is 1.18 bits per heavy atom. The van der Waals surface area contributed by atoms with Gasteiger partial charge in [-0.2, -0.15) is 12.7 Å². The fourth-order valence-corrected chi connectivity index (χ4v) is 2.81. The number of hydrogen-bond donors (Lipinski definition) is 2. The summed E-state index contributed by atoms with van der Waals surface area (Å²) < 4.78 is 37.3. The fraction of sp³-hybridized carbons (Fsp3) is 0.333. The molecule has 6 nitrogen and oxygen atoms in total. The number of aliphatic hydroxyl groups is 1. The number of hydrogen-bond acceptors (Lipinski definition) is 4. The van der Waals surface area contributed by atoms with Crippen LogP contribution in [0.15, 0.2) is 42.5 Å². The quantitative estimate of drug-likeness (QED) is 0.757. The highest BCUT2D eigenvalue weighted by atomic mass is 32.2. The zero-order valence-corrected chi connectivity index (χ0v) is 13.0. The number of benzene rings is 2. The van der Waals surface area contributed by atoms with Crippen molar-refractivity contribution in [1.82, 2.24) is 4.31 Å². The van der Waals surface area contributed by atoms with Crippen LogP contribution in [0.4, 0.5) is 0 Å². The fourth-order valence-electron chi connectivity index (χ4n) is 2.12. The monoisotopic (exact) mass is 325 g/mol. The molecule has 7 heteroatoms. The average Bonchev–Trinajstić information content (AvgIpc) is 2.49. The Morgan fingerprint density at radius 3 is 2.50 bits per heavy atom. The predicted molar refractivity (Wildman–Crippen MR) is 84.2 cm³/mol. The molecule has 1 atom stereocenters. The van der Waals surface area contributed by atoms with Gasteiger partial charge in [-0.15, -0.1) is 0 Å². The molecular weight excluding hydrogens is 306 g/mol. The molecular formula is C15H19NO5S. The zero-order valence-electron chi connectivity index (χ0n) is 12.2. The molecule has 0 fully saturated rings. The summed E-state index contributed by atoms with van der Waals surface area (Å²) in [6.07, 6.45) is -1.03. The largest absolute Gasteiger partial charge is 0.491 e. The van der Waals surface area contributed by atoms with Crippen LogP contribution in [0.5, 0.6) is 5.75 Å². The van der Waals surface area contributed by atoms with Crippen LogP contribution < -0.4 is 4.74 Å². The van der Waals surface area contributed by atoms with Crippen molar-refractivity contribution >= 4 is 21.1 Å². The van der Waals surface area contributed by atoms with Crippen LogP contribution in [0.1, 0.15) is 6.92 Å². The molecule has 2 N–H and O–H groups in total. The van der Waals surface area contributed by atoms with Crippen molar-refractivity contribution in [3.05, 3.63) is 42.5 Å². The Kier molecular flexibility index (Phi) is 5.36. The lowest BCUT2D eigenvalue weighted by Crippen LogP contribution is -2.39. The van der Waals surface area contributed by atoms with E-state index in [9.17, 15) is 13.5 Å². The van der Waals surface area contributed by atoms with Gasteiger partial charge < -0.3 is 9.84 Å². The third-order valence-electron chi connectivity index (χ3n) is 3.26. The normalized spacial score (nSPS) is 13.5. The molecule has 0 heterocycles. The van der Waals surface area contributed by atoms with Crippen molar-refractivity contribution in [3.63, 3.8) is 0 Å². The Labute approximate surface area is 129 Å². The van der Waals surface area contributed by atoms with Gasteiger partial charge in [-0.25, -0.2) is 0 Å². The summed E-state index contributed by atoms with van der Waals surface area (Å²) in [5, 5.41) is 11.9. The first-order valence-corrected chi connectivity index (χ1v) is 8.32. The smallest absolute Gasteiger partial charge is 0.335 e. The van der Waals surface area contributed by atoms with Gasteiger partial charge in [0.15, 0.2) is 0 Å². The number of nitrogens with zero attached hydrogens (tertiary/aromatic N) is 1. The molecule has 22 heavy (non-hydrogen) atoms. The van der Waals surface area contributed by atoms with E-state index in [1.54, 1.807) is 13.0 Å². The third-order valence-corrected chi connectivity index (χ3v) is 4.32. The molecule has 0 unspecified atom stereocenters. The summed E-state index contributed by atoms with van der Waals surface area (Å²) in [6, 6.07) is 13.4. The van der Waals surface area contributed by atoms with E-state index in [0.717, 1.165) is 15.1 Å². The van der Waals surface area contributed by atoms with Gasteiger partial charge >= 0.3 is 10.3 Å². The summed E-state index contributed by atoms with van der Waals surface area (Å²) in [6.45, 7) is 1.36. The van der Waals surface area contributed by atoms with Crippen molar-refractivity contribution in [2.75, 3.05) is 19.7 Å². The first-order valence-electron chi connectivity index (χ1n) is 6.92. The van der Waals surface area contributed by atoms with Crippen LogP contribution in [0, 0.1) is 0 Å². The first kappa shape index (κ1) is 16.7. The summed E-state index contributed by atoms with van der Waals surface area (Å²) in [5.74, 6) is 0.590. The molecule has 120 valence electrons. The van der Waals surface area contributed by atoms with Gasteiger partial charge in [0.05, 0.1) is 0 Å². The predicted octanol–water partition coefficient (Wildman–Crippen LogP) is 1.70. The van der Waals surface area contributed by atoms with Crippen LogP contribution >= 0.6 is 0 Å². The van der Waals surface area contributed by atoms with Crippen LogP contribution in [-0.2, 0) is 10.3 Å². The Balaban J connectivity index is 1.96. The third kappa shape index (κ3) is 4.41. The van der Waals surface area contributed by atoms with E-state index < -0.39 is 16.4 Å². The van der Waals surface area contributed by atoms with E-state index in [2.05, 4.69) is 0 Å². The second kappa shape index (κ2) is 7.06. The lowest BCUT2D eigenvalue weighted by molar-refractivity contribution is 0.0883. The van der Waals surface area contributed by atoms with Gasteiger partial charge in [0.25, 0.3) is 0 Å². The molecule has 0 spiro atoms. The molecule has 2 aromatic carbocycles. The van der Waals surface area contributed by atoms with Crippen molar-refractivity contribution in [3.8, 4) is 5.75 Å². The topological polar surface area (TPSA) is 87.1 Å². The maximum Gasteiger partial charge on any atom is 0.335 e. The van der Waals surface area contributed by atoms with Crippen molar-refractivity contribution in [1.29, 1.82) is 0 Å². The van der Waals surface area contributed by atoms with E-state index in [0.29, 0.717) is 5.75 Å². The summed E-state index contributed by atoms with van der Waals surface area (Å²) in [7, 11) is -4.30. The molecule has 0 aliphatic rings. The van der Waals surface area contributed by atoms with Gasteiger partial charge in [-0.05, 0) is 22.9 Å². The minimum Gasteiger partial charge on any atom is -0.491 e. The van der Waals surface area contributed by atoms with Gasteiger partial charge in [-0.3, -0.25) is 4.55 Å². The molecule has 2 rings (SSSR count). The van der Waals surface area contributed by atoms with Gasteiger partial charge in [0.2, 0.25) is 0 Å². The maximum atomic E-state index is 11.0. The van der Waals surface area contributed by atoms with E-state index in [1.807, 2.05) is 36.4 Å². The van der Waals surface area contributed by atoms with Crippen LogP contribution in [0.2, 0.25) is 0 Å². The number of ether oxygens (including phenoxy) is 1. The SMILES string of the molecule is CCN(C[C@@H](O)COc1ccc2ccccc2c1)S(=O)(=O)O. The Morgan fingerprint density at radius 2 is 1.86 bits per heavy atom. The van der Waals surface area contributed by atoms with Crippen LogP contribution in [0.25, 0.3) is 10.8 Å². The second-order valence-corrected chi connectivity index (χ2v) is 6.31. The number of aliphatic hydroxyl groups excluding tert-OH is 1. The highest BCUT2D eigenvalue weighted by molar-refractivity contribution is 7.83. The van der Waals surface area contributed by atoms with Crippen LogP contribution in [0.3, 0.4) is 0 Å². The molecule has 0 saturated heterocycles. The molecule has 0 bridgehead atoms. The molecule has 0 aromatic heterocycles. The lowest BCUT2D eigenvalue weighted by Gasteiger charge is -2.20. The molecule has 0 radical (unpaired) electrons. The maximum absolute atomic E-state index is 11.0. The van der Waals surface area contributed by atoms with Crippen molar-refractivity contribution in [2.45, 2.75) is 13.0 Å². The van der Waals surface area contributed by atoms with E-state index in [1.165, 1.54) is 0 Å². The van der Waals surface area contributed by atoms with E-state index >= 15 is 0 Å². The van der Waals surface area contributed by atoms with Gasteiger partial charge in [-0.1, -0.05) is 37.3 Å². The van der Waals surface area contributed by atoms with Gasteiger partial charge in [0.1, 0.15) is 18.5 Å². The van der Waals surface area contributed by atoms with E-state index in [4.69, 9.17) is 9.29 Å². The van der Waals surface area contributed by atoms with Crippen molar-refractivity contribution in [2.24, 2.45) is 0 Å². The van der Waals surface area contributed by atoms with Crippen molar-refractivity contribution < 1.29 is 22.8 Å². The molecule has 0 aliphatic carbocycles. The standard InChI is InChI=1S/C15H19NO5S/c1-2-16(22(18,19)20)10-14(17)11-21-15-8-7-12-5-3-4-6-13(12)9-15/h3-9,14,17H,2,10-11H2,1H3,(H,18,19,20)/t14-/m1/s1. The van der Waals surface area contributed by atoms with Gasteiger partial charge in [0, 0.05) is 13.1 Å². The molecule has 0 amide bonds. The lowest BCUT2D eigenvalue weighted by atomic mass is 10.1. The summed E-state index contributed by atoms with van der Waals surface area (Å²) in [5.41, 5.74) is 0. The highest BCUT2D eigenvalue weighted by Crippen LogP contribution is 2.20. The van der Waals surface area contributed by atoms with E-state index in [-0.39, 0.29) is 19.7 Å². The average molecular weight is 325 g/mol. The zero-order chi connectivity index (χ0) is 16.2. The van der Waals surface area contributed by atoms with Crippen LogP contribution in [-0.4, -0.2) is 48.2 Å². The highest BCUT2D eigenvalue weighted by Gasteiger charge is 2.20. The Hall–Kier alpha value is -1.67. The molecule has 0 saturated carbocycles. The molecule has 2 aromatic rings. The molecule has 0 aliphatic heterocycles. The minimum atomic E-state index is -4.30. The first-order chi connectivity index (χ1) is 10.4. The minimum absolute atomic E-state index is 0.0651. The number of rotatable bonds is 7. The summed E-state index contributed by atoms with van der Waals surface area (Å²) in [4.78, 5) is 0. The number of likely N-dealkylation sites (N-methyl/N-ethyl adjacent to an activating group) is 1. The second-order valence-electron chi connectivity index (χ2n) is 4.90. The number of fused-ring (bicyclic) bond motifs is 1. The Bertz CT molecular complexity index is 732.